The lowest BCUT2D eigenvalue weighted by atomic mass is 10.1. The van der Waals surface area contributed by atoms with Crippen molar-refractivity contribution >= 4 is 34.8 Å². The van der Waals surface area contributed by atoms with E-state index in [1.54, 1.807) is 37.3 Å². The van der Waals surface area contributed by atoms with Crippen LogP contribution in [0.1, 0.15) is 12.8 Å². The van der Waals surface area contributed by atoms with E-state index in [1.807, 2.05) is 29.2 Å². The first-order valence-corrected chi connectivity index (χ1v) is 11.2. The van der Waals surface area contributed by atoms with E-state index in [0.717, 1.165) is 30.9 Å². The van der Waals surface area contributed by atoms with E-state index in [1.165, 1.54) is 0 Å². The zero-order chi connectivity index (χ0) is 22.7. The van der Waals surface area contributed by atoms with Gasteiger partial charge in [0.2, 0.25) is 11.8 Å². The molecular weight excluding hydrogens is 430 g/mol. The molecule has 2 heterocycles. The van der Waals surface area contributed by atoms with Crippen LogP contribution in [0.3, 0.4) is 0 Å². The molecule has 0 saturated carbocycles. The zero-order valence-electron chi connectivity index (χ0n) is 18.4. The number of methoxy groups -OCH3 is 2. The van der Waals surface area contributed by atoms with Gasteiger partial charge in [-0.3, -0.25) is 9.59 Å². The second-order valence-corrected chi connectivity index (χ2v) is 8.52. The highest BCUT2D eigenvalue weighted by Crippen LogP contribution is 2.35. The van der Waals surface area contributed by atoms with Crippen LogP contribution in [0.25, 0.3) is 0 Å². The van der Waals surface area contributed by atoms with Crippen LogP contribution in [0, 0.1) is 5.92 Å². The number of anilines is 2. The van der Waals surface area contributed by atoms with E-state index in [-0.39, 0.29) is 24.2 Å². The Kier molecular flexibility index (Phi) is 6.74. The molecule has 2 aliphatic rings. The van der Waals surface area contributed by atoms with Crippen LogP contribution in [-0.4, -0.2) is 63.7 Å². The Balaban J connectivity index is 1.41. The molecule has 1 unspecified atom stereocenters. The molecule has 8 heteroatoms. The molecule has 32 heavy (non-hydrogen) atoms. The van der Waals surface area contributed by atoms with Gasteiger partial charge < -0.3 is 24.2 Å². The lowest BCUT2D eigenvalue weighted by molar-refractivity contribution is -0.135. The SMILES string of the molecule is COc1ccc(N2CCCN(C(=O)C3CC(=O)N(c4cc(Cl)ccc4OC)C3)CC2)cc1. The number of benzene rings is 2. The summed E-state index contributed by atoms with van der Waals surface area (Å²) in [4.78, 5) is 31.8. The highest BCUT2D eigenvalue weighted by Gasteiger charge is 2.38. The Bertz CT molecular complexity index is 982. The lowest BCUT2D eigenvalue weighted by Crippen LogP contribution is -2.40. The number of hydrogen-bond donors (Lipinski definition) is 0. The van der Waals surface area contributed by atoms with Crippen LogP contribution in [0.5, 0.6) is 11.5 Å². The predicted octanol–water partition coefficient (Wildman–Crippen LogP) is 3.45. The average Bonchev–Trinajstić information content (AvgIpc) is 3.03. The fourth-order valence-electron chi connectivity index (χ4n) is 4.43. The molecule has 7 nitrogen and oxygen atoms in total. The average molecular weight is 458 g/mol. The van der Waals surface area contributed by atoms with Gasteiger partial charge in [0.1, 0.15) is 11.5 Å². The normalized spacial score (nSPS) is 19.2. The number of halogens is 1. The van der Waals surface area contributed by atoms with Crippen molar-refractivity contribution in [1.29, 1.82) is 0 Å². The van der Waals surface area contributed by atoms with Gasteiger partial charge in [-0.25, -0.2) is 0 Å². The Morgan fingerprint density at radius 3 is 2.50 bits per heavy atom. The van der Waals surface area contributed by atoms with Gasteiger partial charge in [0, 0.05) is 49.9 Å². The summed E-state index contributed by atoms with van der Waals surface area (Å²) in [6.07, 6.45) is 1.08. The summed E-state index contributed by atoms with van der Waals surface area (Å²) in [5, 5.41) is 0.523. The maximum Gasteiger partial charge on any atom is 0.228 e. The van der Waals surface area contributed by atoms with Crippen LogP contribution >= 0.6 is 11.6 Å². The number of ether oxygens (including phenoxy) is 2. The first-order chi connectivity index (χ1) is 15.5. The first-order valence-electron chi connectivity index (χ1n) is 10.8. The molecule has 2 amide bonds. The van der Waals surface area contributed by atoms with E-state index in [9.17, 15) is 9.59 Å². The number of hydrogen-bond acceptors (Lipinski definition) is 5. The molecule has 0 aliphatic carbocycles. The van der Waals surface area contributed by atoms with Crippen LogP contribution < -0.4 is 19.3 Å². The van der Waals surface area contributed by atoms with Gasteiger partial charge >= 0.3 is 0 Å². The minimum atomic E-state index is -0.362. The van der Waals surface area contributed by atoms with Gasteiger partial charge in [0.15, 0.2) is 0 Å². The van der Waals surface area contributed by atoms with Gasteiger partial charge in [0.05, 0.1) is 25.8 Å². The van der Waals surface area contributed by atoms with Crippen LogP contribution in [0.2, 0.25) is 5.02 Å². The molecule has 2 aliphatic heterocycles. The molecule has 0 N–H and O–H groups in total. The van der Waals surface area contributed by atoms with Crippen LogP contribution in [-0.2, 0) is 9.59 Å². The summed E-state index contributed by atoms with van der Waals surface area (Å²) in [6.45, 7) is 3.30. The summed E-state index contributed by atoms with van der Waals surface area (Å²) in [5.41, 5.74) is 1.73. The number of carbonyl (C=O) groups is 2. The minimum absolute atomic E-state index is 0.0402. The fraction of sp³-hybridized carbons (Fsp3) is 0.417. The molecule has 2 aromatic carbocycles. The van der Waals surface area contributed by atoms with E-state index >= 15 is 0 Å². The van der Waals surface area contributed by atoms with Crippen molar-refractivity contribution in [2.24, 2.45) is 5.92 Å². The highest BCUT2D eigenvalue weighted by molar-refractivity contribution is 6.31. The number of amides is 2. The smallest absolute Gasteiger partial charge is 0.228 e. The molecule has 2 aromatic rings. The van der Waals surface area contributed by atoms with Crippen LogP contribution in [0.15, 0.2) is 42.5 Å². The molecule has 0 spiro atoms. The van der Waals surface area contributed by atoms with E-state index in [2.05, 4.69) is 4.90 Å². The highest BCUT2D eigenvalue weighted by atomic mass is 35.5. The monoisotopic (exact) mass is 457 g/mol. The van der Waals surface area contributed by atoms with E-state index in [4.69, 9.17) is 21.1 Å². The van der Waals surface area contributed by atoms with Crippen molar-refractivity contribution in [2.75, 3.05) is 56.7 Å². The summed E-state index contributed by atoms with van der Waals surface area (Å²) in [6, 6.07) is 13.2. The molecule has 4 rings (SSSR count). The maximum atomic E-state index is 13.3. The Morgan fingerprint density at radius 1 is 1.00 bits per heavy atom. The van der Waals surface area contributed by atoms with Crippen molar-refractivity contribution in [1.82, 2.24) is 4.90 Å². The second-order valence-electron chi connectivity index (χ2n) is 8.09. The van der Waals surface area contributed by atoms with E-state index < -0.39 is 0 Å². The van der Waals surface area contributed by atoms with Gasteiger partial charge in [-0.15, -0.1) is 0 Å². The van der Waals surface area contributed by atoms with Crippen molar-refractivity contribution in [3.8, 4) is 11.5 Å². The fourth-order valence-corrected chi connectivity index (χ4v) is 4.59. The van der Waals surface area contributed by atoms with Gasteiger partial charge in [-0.2, -0.15) is 0 Å². The van der Waals surface area contributed by atoms with E-state index in [0.29, 0.717) is 36.1 Å². The van der Waals surface area contributed by atoms with Crippen molar-refractivity contribution in [2.45, 2.75) is 12.8 Å². The largest absolute Gasteiger partial charge is 0.497 e. The number of nitrogens with zero attached hydrogens (tertiary/aromatic N) is 3. The number of carbonyl (C=O) groups excluding carboxylic acids is 2. The van der Waals surface area contributed by atoms with Gasteiger partial charge in [-0.05, 0) is 48.9 Å². The number of rotatable bonds is 5. The first kappa shape index (κ1) is 22.3. The standard InChI is InChI=1S/C24H28ClN3O4/c1-31-20-7-5-19(6-8-20)26-10-3-11-27(13-12-26)24(30)17-14-23(29)28(16-17)21-15-18(25)4-9-22(21)32-2/h4-9,15,17H,3,10-14,16H2,1-2H3. The Hall–Kier alpha value is -2.93. The summed E-state index contributed by atoms with van der Waals surface area (Å²) in [7, 11) is 3.21. The zero-order valence-corrected chi connectivity index (χ0v) is 19.2. The minimum Gasteiger partial charge on any atom is -0.497 e. The molecule has 170 valence electrons. The lowest BCUT2D eigenvalue weighted by Gasteiger charge is -2.25. The molecule has 0 radical (unpaired) electrons. The molecule has 2 saturated heterocycles. The maximum absolute atomic E-state index is 13.3. The molecule has 0 aromatic heterocycles. The summed E-state index contributed by atoms with van der Waals surface area (Å²) < 4.78 is 10.6. The third-order valence-electron chi connectivity index (χ3n) is 6.15. The van der Waals surface area contributed by atoms with Gasteiger partial charge in [0.25, 0.3) is 0 Å². The second kappa shape index (κ2) is 9.69. The third-order valence-corrected chi connectivity index (χ3v) is 6.39. The predicted molar refractivity (Wildman–Crippen MR) is 125 cm³/mol. The topological polar surface area (TPSA) is 62.3 Å². The Labute approximate surface area is 193 Å². The van der Waals surface area contributed by atoms with Crippen molar-refractivity contribution in [3.05, 3.63) is 47.5 Å². The molecule has 1 atom stereocenters. The van der Waals surface area contributed by atoms with Crippen molar-refractivity contribution < 1.29 is 19.1 Å². The molecule has 0 bridgehead atoms. The molecule has 2 fully saturated rings. The van der Waals surface area contributed by atoms with Crippen LogP contribution in [0.4, 0.5) is 11.4 Å². The van der Waals surface area contributed by atoms with Gasteiger partial charge in [-0.1, -0.05) is 11.6 Å². The summed E-state index contributed by atoms with van der Waals surface area (Å²) >= 11 is 6.14. The Morgan fingerprint density at radius 2 is 1.78 bits per heavy atom. The van der Waals surface area contributed by atoms with Crippen molar-refractivity contribution in [3.63, 3.8) is 0 Å². The summed E-state index contributed by atoms with van der Waals surface area (Å²) in [5.74, 6) is 0.990. The quantitative estimate of drug-likeness (QED) is 0.688. The molecular formula is C24H28ClN3O4. The third kappa shape index (κ3) is 4.63.